The molecule has 0 aromatic carbocycles. The molecule has 0 aromatic rings. The molecule has 0 aromatic heterocycles. The topological polar surface area (TPSA) is 237 Å². The van der Waals surface area contributed by atoms with Crippen LogP contribution in [0.2, 0.25) is 0 Å². The Morgan fingerprint density at radius 3 is 0.800 bits per heavy atom. The molecule has 3 unspecified atom stereocenters. The largest absolute Gasteiger partial charge is 0.472 e. The molecule has 0 aliphatic rings. The Hall–Kier alpha value is -1.94. The zero-order valence-electron chi connectivity index (χ0n) is 62.0. The summed E-state index contributed by atoms with van der Waals surface area (Å²) in [5.74, 6) is -0.490. The van der Waals surface area contributed by atoms with Crippen molar-refractivity contribution in [2.75, 3.05) is 39.6 Å². The van der Waals surface area contributed by atoms with Crippen LogP contribution in [0.1, 0.15) is 395 Å². The summed E-state index contributed by atoms with van der Waals surface area (Å²) in [6.07, 6.45) is 55.6. The van der Waals surface area contributed by atoms with Gasteiger partial charge in [-0.2, -0.15) is 0 Å². The summed E-state index contributed by atoms with van der Waals surface area (Å²) >= 11 is 0. The van der Waals surface area contributed by atoms with E-state index in [1.165, 1.54) is 199 Å². The highest BCUT2D eigenvalue weighted by atomic mass is 31.2. The van der Waals surface area contributed by atoms with Gasteiger partial charge in [0, 0.05) is 25.7 Å². The first-order chi connectivity index (χ1) is 45.9. The molecule has 0 aliphatic carbocycles. The molecule has 95 heavy (non-hydrogen) atoms. The molecular formula is C76H148O17P2. The van der Waals surface area contributed by atoms with Gasteiger partial charge in [0.15, 0.2) is 12.2 Å². The van der Waals surface area contributed by atoms with Crippen molar-refractivity contribution in [3.63, 3.8) is 0 Å². The average molecular weight is 1400 g/mol. The number of phosphoric acid groups is 2. The van der Waals surface area contributed by atoms with Crippen LogP contribution < -0.4 is 0 Å². The number of aliphatic hydroxyl groups excluding tert-OH is 1. The Balaban J connectivity index is 5.17. The van der Waals surface area contributed by atoms with Gasteiger partial charge in [0.1, 0.15) is 19.3 Å². The van der Waals surface area contributed by atoms with E-state index in [4.69, 9.17) is 37.0 Å². The molecule has 0 amide bonds. The minimum atomic E-state index is -4.96. The van der Waals surface area contributed by atoms with Crippen molar-refractivity contribution in [2.45, 2.75) is 413 Å². The number of hydrogen-bond donors (Lipinski definition) is 3. The Labute approximate surface area is 581 Å². The van der Waals surface area contributed by atoms with Gasteiger partial charge in [-0.25, -0.2) is 9.13 Å². The van der Waals surface area contributed by atoms with Crippen LogP contribution >= 0.6 is 15.6 Å². The van der Waals surface area contributed by atoms with E-state index in [9.17, 15) is 43.2 Å². The van der Waals surface area contributed by atoms with Gasteiger partial charge >= 0.3 is 39.5 Å². The molecule has 0 fully saturated rings. The van der Waals surface area contributed by atoms with Gasteiger partial charge in [0.25, 0.3) is 0 Å². The normalized spacial score (nSPS) is 14.3. The predicted octanol–water partition coefficient (Wildman–Crippen LogP) is 22.3. The van der Waals surface area contributed by atoms with E-state index in [1.807, 2.05) is 0 Å². The number of hydrogen-bond acceptors (Lipinski definition) is 15. The highest BCUT2D eigenvalue weighted by Gasteiger charge is 2.30. The number of rotatable bonds is 75. The van der Waals surface area contributed by atoms with Crippen LogP contribution in [-0.2, 0) is 65.4 Å². The van der Waals surface area contributed by atoms with Crippen LogP contribution in [0.25, 0.3) is 0 Å². The Kier molecular flexibility index (Phi) is 66.5. The van der Waals surface area contributed by atoms with Crippen LogP contribution in [0.3, 0.4) is 0 Å². The van der Waals surface area contributed by atoms with Gasteiger partial charge in [-0.05, 0) is 37.5 Å². The van der Waals surface area contributed by atoms with Gasteiger partial charge in [-0.1, -0.05) is 343 Å². The van der Waals surface area contributed by atoms with Crippen molar-refractivity contribution >= 4 is 39.5 Å². The molecular weight excluding hydrogens is 1250 g/mol. The maximum Gasteiger partial charge on any atom is 0.472 e. The minimum absolute atomic E-state index is 0.107. The highest BCUT2D eigenvalue weighted by molar-refractivity contribution is 7.47. The second-order valence-electron chi connectivity index (χ2n) is 28.1. The highest BCUT2D eigenvalue weighted by Crippen LogP contribution is 2.45. The molecule has 6 atom stereocenters. The van der Waals surface area contributed by atoms with Gasteiger partial charge in [-0.3, -0.25) is 37.3 Å². The van der Waals surface area contributed by atoms with Crippen molar-refractivity contribution in [3.05, 3.63) is 0 Å². The van der Waals surface area contributed by atoms with Crippen molar-refractivity contribution in [2.24, 2.45) is 11.8 Å². The maximum absolute atomic E-state index is 13.1. The molecule has 0 saturated heterocycles. The summed E-state index contributed by atoms with van der Waals surface area (Å²) in [7, 11) is -9.90. The zero-order valence-corrected chi connectivity index (χ0v) is 63.8. The number of unbranched alkanes of at least 4 members (excludes halogenated alkanes) is 44. The molecule has 0 heterocycles. The molecule has 19 heteroatoms. The van der Waals surface area contributed by atoms with Crippen molar-refractivity contribution in [1.82, 2.24) is 0 Å². The van der Waals surface area contributed by atoms with Crippen LogP contribution in [0.5, 0.6) is 0 Å². The Morgan fingerprint density at radius 1 is 0.305 bits per heavy atom. The summed E-state index contributed by atoms with van der Waals surface area (Å²) in [5.41, 5.74) is 0. The van der Waals surface area contributed by atoms with Crippen LogP contribution in [0.15, 0.2) is 0 Å². The molecule has 17 nitrogen and oxygen atoms in total. The number of aliphatic hydroxyl groups is 1. The molecule has 0 radical (unpaired) electrons. The molecule has 3 N–H and O–H groups in total. The average Bonchev–Trinajstić information content (AvgIpc) is 2.02. The summed E-state index contributed by atoms with van der Waals surface area (Å²) in [6.45, 7) is 9.62. The monoisotopic (exact) mass is 1400 g/mol. The fourth-order valence-electron chi connectivity index (χ4n) is 11.6. The fraction of sp³-hybridized carbons (Fsp3) is 0.947. The van der Waals surface area contributed by atoms with Gasteiger partial charge in [-0.15, -0.1) is 0 Å². The molecule has 0 spiro atoms. The van der Waals surface area contributed by atoms with E-state index in [-0.39, 0.29) is 25.7 Å². The van der Waals surface area contributed by atoms with Gasteiger partial charge < -0.3 is 33.8 Å². The lowest BCUT2D eigenvalue weighted by atomic mass is 9.99. The SMILES string of the molecule is CCCCCCCCCCCCCCCC(=O)O[C@H](COC(=O)CCCCCCCCC)COP(=O)(O)OC[C@H](O)COP(=O)(O)OC[C@@H](COC(=O)CCCCCCCCCCCCC(C)CC)OC(=O)CCCCCCCCCCCCCCCCCCCCC(C)C. The lowest BCUT2D eigenvalue weighted by Gasteiger charge is -2.21. The Bertz CT molecular complexity index is 1840. The molecule has 0 bridgehead atoms. The van der Waals surface area contributed by atoms with E-state index in [0.717, 1.165) is 115 Å². The molecule has 0 saturated carbocycles. The summed E-state index contributed by atoms with van der Waals surface area (Å²) < 4.78 is 68.4. The number of carbonyl (C=O) groups is 4. The second-order valence-corrected chi connectivity index (χ2v) is 31.0. The third-order valence-corrected chi connectivity index (χ3v) is 20.0. The van der Waals surface area contributed by atoms with Crippen LogP contribution in [-0.4, -0.2) is 96.7 Å². The third-order valence-electron chi connectivity index (χ3n) is 18.1. The molecule has 0 rings (SSSR count). The van der Waals surface area contributed by atoms with Crippen LogP contribution in [0, 0.1) is 11.8 Å². The van der Waals surface area contributed by atoms with E-state index >= 15 is 0 Å². The minimum Gasteiger partial charge on any atom is -0.462 e. The van der Waals surface area contributed by atoms with Crippen molar-refractivity contribution < 1.29 is 80.2 Å². The number of carbonyl (C=O) groups excluding carboxylic acids is 4. The standard InChI is InChI=1S/C76H148O17P2/c1-7-10-12-14-16-17-18-25-29-36-42-48-54-60-75(80)92-71(64-86-73(78)58-52-46-38-15-13-11-8-2)66-90-94(82,83)88-62-70(77)63-89-95(84,85)91-67-72(65-87-74(79)59-53-47-41-35-32-31-34-40-45-51-57-69(6)9-3)93-76(81)61-55-49-43-37-30-27-24-22-20-19-21-23-26-28-33-39-44-50-56-68(4)5/h68-72,77H,7-67H2,1-6H3,(H,82,83)(H,84,85)/t69?,70-,71+,72+/m0/s1. The summed E-state index contributed by atoms with van der Waals surface area (Å²) in [5, 5.41) is 10.6. The van der Waals surface area contributed by atoms with E-state index in [1.54, 1.807) is 0 Å². The first-order valence-electron chi connectivity index (χ1n) is 39.5. The van der Waals surface area contributed by atoms with Crippen molar-refractivity contribution in [3.8, 4) is 0 Å². The predicted molar refractivity (Wildman–Crippen MR) is 386 cm³/mol. The van der Waals surface area contributed by atoms with Gasteiger partial charge in [0.2, 0.25) is 0 Å². The first-order valence-corrected chi connectivity index (χ1v) is 42.5. The van der Waals surface area contributed by atoms with E-state index in [2.05, 4.69) is 41.5 Å². The summed E-state index contributed by atoms with van der Waals surface area (Å²) in [6, 6.07) is 0. The molecule has 564 valence electrons. The lowest BCUT2D eigenvalue weighted by molar-refractivity contribution is -0.161. The fourth-order valence-corrected chi connectivity index (χ4v) is 13.2. The zero-order chi connectivity index (χ0) is 70.0. The van der Waals surface area contributed by atoms with E-state index < -0.39 is 97.5 Å². The smallest absolute Gasteiger partial charge is 0.462 e. The van der Waals surface area contributed by atoms with Crippen LogP contribution in [0.4, 0.5) is 0 Å². The second kappa shape index (κ2) is 67.9. The number of esters is 4. The first kappa shape index (κ1) is 93.1. The van der Waals surface area contributed by atoms with Gasteiger partial charge in [0.05, 0.1) is 26.4 Å². The van der Waals surface area contributed by atoms with E-state index in [0.29, 0.717) is 25.7 Å². The molecule has 0 aliphatic heterocycles. The third kappa shape index (κ3) is 69.0. The number of phosphoric ester groups is 2. The van der Waals surface area contributed by atoms with Crippen molar-refractivity contribution in [1.29, 1.82) is 0 Å². The summed E-state index contributed by atoms with van der Waals surface area (Å²) in [4.78, 5) is 72.7. The lowest BCUT2D eigenvalue weighted by Crippen LogP contribution is -2.30. The maximum atomic E-state index is 13.1. The Morgan fingerprint density at radius 2 is 0.537 bits per heavy atom. The number of ether oxygens (including phenoxy) is 4. The quantitative estimate of drug-likeness (QED) is 0.0222.